The highest BCUT2D eigenvalue weighted by molar-refractivity contribution is 5.01. The van der Waals surface area contributed by atoms with Crippen LogP contribution in [0, 0.1) is 0 Å². The van der Waals surface area contributed by atoms with Crippen LogP contribution in [0.25, 0.3) is 0 Å². The van der Waals surface area contributed by atoms with Crippen LogP contribution in [0.4, 0.5) is 0 Å². The standard InChI is InChI=1S/C10H20N2/c1-3-12-8-7-11(2)10(9-12)5-4-6-10/h3-9H2,1-2H3. The van der Waals surface area contributed by atoms with Crippen LogP contribution in [0.2, 0.25) is 0 Å². The molecule has 70 valence electrons. The topological polar surface area (TPSA) is 6.48 Å². The van der Waals surface area contributed by atoms with Gasteiger partial charge in [-0.1, -0.05) is 6.92 Å². The minimum atomic E-state index is 0.592. The second-order valence-electron chi connectivity index (χ2n) is 4.37. The Kier molecular flexibility index (Phi) is 2.13. The van der Waals surface area contributed by atoms with Gasteiger partial charge in [0.15, 0.2) is 0 Å². The van der Waals surface area contributed by atoms with E-state index in [1.807, 2.05) is 0 Å². The molecule has 1 heterocycles. The van der Waals surface area contributed by atoms with Crippen molar-refractivity contribution in [3.63, 3.8) is 0 Å². The fourth-order valence-corrected chi connectivity index (χ4v) is 2.54. The lowest BCUT2D eigenvalue weighted by molar-refractivity contribution is -0.0348. The summed E-state index contributed by atoms with van der Waals surface area (Å²) in [6, 6.07) is 0. The lowest BCUT2D eigenvalue weighted by Crippen LogP contribution is -2.63. The van der Waals surface area contributed by atoms with Gasteiger partial charge < -0.3 is 4.90 Å². The van der Waals surface area contributed by atoms with Gasteiger partial charge in [-0.15, -0.1) is 0 Å². The Hall–Kier alpha value is -0.0800. The van der Waals surface area contributed by atoms with Crippen molar-refractivity contribution in [1.82, 2.24) is 9.80 Å². The van der Waals surface area contributed by atoms with E-state index >= 15 is 0 Å². The number of nitrogens with zero attached hydrogens (tertiary/aromatic N) is 2. The summed E-state index contributed by atoms with van der Waals surface area (Å²) in [5, 5.41) is 0. The SMILES string of the molecule is CCN1CCN(C)C2(CCC2)C1. The van der Waals surface area contributed by atoms with Gasteiger partial charge in [0.1, 0.15) is 0 Å². The highest BCUT2D eigenvalue weighted by Gasteiger charge is 2.43. The number of rotatable bonds is 1. The maximum Gasteiger partial charge on any atom is 0.0334 e. The van der Waals surface area contributed by atoms with Crippen LogP contribution in [0.3, 0.4) is 0 Å². The number of hydrogen-bond acceptors (Lipinski definition) is 2. The molecule has 1 spiro atoms. The third kappa shape index (κ3) is 1.17. The molecular formula is C10H20N2. The van der Waals surface area contributed by atoms with Gasteiger partial charge in [-0.05, 0) is 32.9 Å². The predicted molar refractivity (Wildman–Crippen MR) is 51.3 cm³/mol. The Balaban J connectivity index is 2.00. The van der Waals surface area contributed by atoms with Gasteiger partial charge in [0.05, 0.1) is 0 Å². The summed E-state index contributed by atoms with van der Waals surface area (Å²) in [6.45, 7) is 7.37. The average Bonchev–Trinajstić information content (AvgIpc) is 2.03. The maximum absolute atomic E-state index is 2.60. The summed E-state index contributed by atoms with van der Waals surface area (Å²) in [4.78, 5) is 5.18. The summed E-state index contributed by atoms with van der Waals surface area (Å²) in [6.07, 6.45) is 4.31. The highest BCUT2D eigenvalue weighted by atomic mass is 15.3. The molecule has 1 saturated carbocycles. The van der Waals surface area contributed by atoms with E-state index in [1.54, 1.807) is 0 Å². The monoisotopic (exact) mass is 168 g/mol. The normalized spacial score (nSPS) is 30.5. The van der Waals surface area contributed by atoms with Crippen LogP contribution in [-0.4, -0.2) is 48.6 Å². The molecule has 0 N–H and O–H groups in total. The molecule has 2 fully saturated rings. The average molecular weight is 168 g/mol. The molecule has 0 unspecified atom stereocenters. The lowest BCUT2D eigenvalue weighted by Gasteiger charge is -2.54. The van der Waals surface area contributed by atoms with Gasteiger partial charge in [0.2, 0.25) is 0 Å². The van der Waals surface area contributed by atoms with Crippen LogP contribution < -0.4 is 0 Å². The molecule has 0 amide bonds. The van der Waals surface area contributed by atoms with Crippen LogP contribution in [0.1, 0.15) is 26.2 Å². The van der Waals surface area contributed by atoms with Crippen molar-refractivity contribution >= 4 is 0 Å². The zero-order valence-corrected chi connectivity index (χ0v) is 8.34. The summed E-state index contributed by atoms with van der Waals surface area (Å²) >= 11 is 0. The smallest absolute Gasteiger partial charge is 0.0334 e. The largest absolute Gasteiger partial charge is 0.301 e. The van der Waals surface area contributed by atoms with Crippen LogP contribution in [0.15, 0.2) is 0 Å². The van der Waals surface area contributed by atoms with Gasteiger partial charge in [0.25, 0.3) is 0 Å². The van der Waals surface area contributed by atoms with Crippen molar-refractivity contribution in [2.75, 3.05) is 33.2 Å². The second-order valence-corrected chi connectivity index (χ2v) is 4.37. The second kappa shape index (κ2) is 3.00. The Morgan fingerprint density at radius 3 is 2.50 bits per heavy atom. The molecule has 0 aromatic rings. The first kappa shape index (κ1) is 8.52. The molecule has 0 aromatic heterocycles. The molecule has 12 heavy (non-hydrogen) atoms. The molecular weight excluding hydrogens is 148 g/mol. The Labute approximate surface area is 75.5 Å². The molecule has 0 radical (unpaired) electrons. The third-order valence-electron chi connectivity index (χ3n) is 3.81. The van der Waals surface area contributed by atoms with E-state index in [9.17, 15) is 0 Å². The van der Waals surface area contributed by atoms with E-state index in [0.717, 1.165) is 0 Å². The molecule has 2 nitrogen and oxygen atoms in total. The summed E-state index contributed by atoms with van der Waals surface area (Å²) in [5.74, 6) is 0. The van der Waals surface area contributed by atoms with Crippen molar-refractivity contribution in [3.8, 4) is 0 Å². The van der Waals surface area contributed by atoms with Crippen LogP contribution in [0.5, 0.6) is 0 Å². The van der Waals surface area contributed by atoms with E-state index in [4.69, 9.17) is 0 Å². The van der Waals surface area contributed by atoms with Crippen LogP contribution >= 0.6 is 0 Å². The molecule has 2 aliphatic rings. The Morgan fingerprint density at radius 2 is 2.00 bits per heavy atom. The Morgan fingerprint density at radius 1 is 1.25 bits per heavy atom. The van der Waals surface area contributed by atoms with E-state index in [2.05, 4.69) is 23.8 Å². The maximum atomic E-state index is 2.60. The molecule has 0 aromatic carbocycles. The summed E-state index contributed by atoms with van der Waals surface area (Å²) in [5.41, 5.74) is 0.592. The van der Waals surface area contributed by atoms with Gasteiger partial charge in [-0.2, -0.15) is 0 Å². The molecule has 0 bridgehead atoms. The van der Waals surface area contributed by atoms with Crippen LogP contribution in [-0.2, 0) is 0 Å². The molecule has 2 rings (SSSR count). The fourth-order valence-electron chi connectivity index (χ4n) is 2.54. The van der Waals surface area contributed by atoms with E-state index in [1.165, 1.54) is 45.4 Å². The molecule has 1 aliphatic carbocycles. The summed E-state index contributed by atoms with van der Waals surface area (Å²) in [7, 11) is 2.30. The van der Waals surface area contributed by atoms with Gasteiger partial charge in [0, 0.05) is 25.2 Å². The number of hydrogen-bond donors (Lipinski definition) is 0. The lowest BCUT2D eigenvalue weighted by atomic mass is 9.74. The van der Waals surface area contributed by atoms with E-state index in [0.29, 0.717) is 5.54 Å². The first-order chi connectivity index (χ1) is 5.77. The number of piperazine rings is 1. The minimum Gasteiger partial charge on any atom is -0.301 e. The highest BCUT2D eigenvalue weighted by Crippen LogP contribution is 2.39. The molecule has 1 aliphatic heterocycles. The third-order valence-corrected chi connectivity index (χ3v) is 3.81. The van der Waals surface area contributed by atoms with Gasteiger partial charge in [-0.25, -0.2) is 0 Å². The molecule has 2 heteroatoms. The van der Waals surface area contributed by atoms with E-state index in [-0.39, 0.29) is 0 Å². The van der Waals surface area contributed by atoms with Crippen molar-refractivity contribution in [2.24, 2.45) is 0 Å². The minimum absolute atomic E-state index is 0.592. The summed E-state index contributed by atoms with van der Waals surface area (Å²) < 4.78 is 0. The molecule has 0 atom stereocenters. The fraction of sp³-hybridized carbons (Fsp3) is 1.00. The zero-order chi connectivity index (χ0) is 8.60. The first-order valence-corrected chi connectivity index (χ1v) is 5.20. The van der Waals surface area contributed by atoms with E-state index < -0.39 is 0 Å². The predicted octanol–water partition coefficient (Wildman–Crippen LogP) is 1.18. The molecule has 1 saturated heterocycles. The van der Waals surface area contributed by atoms with Gasteiger partial charge in [-0.3, -0.25) is 4.90 Å². The first-order valence-electron chi connectivity index (χ1n) is 5.20. The van der Waals surface area contributed by atoms with Crippen molar-refractivity contribution in [3.05, 3.63) is 0 Å². The Bertz CT molecular complexity index is 163. The van der Waals surface area contributed by atoms with Crippen molar-refractivity contribution in [2.45, 2.75) is 31.7 Å². The zero-order valence-electron chi connectivity index (χ0n) is 8.34. The quantitative estimate of drug-likeness (QED) is 0.580. The number of likely N-dealkylation sites (N-methyl/N-ethyl adjacent to an activating group) is 2. The van der Waals surface area contributed by atoms with Gasteiger partial charge >= 0.3 is 0 Å². The van der Waals surface area contributed by atoms with Crippen molar-refractivity contribution < 1.29 is 0 Å². The van der Waals surface area contributed by atoms with Crippen molar-refractivity contribution in [1.29, 1.82) is 0 Å².